The maximum atomic E-state index is 12.8. The van der Waals surface area contributed by atoms with Crippen molar-refractivity contribution in [2.45, 2.75) is 31.7 Å². The lowest BCUT2D eigenvalue weighted by Gasteiger charge is -2.11. The molecule has 0 unspecified atom stereocenters. The van der Waals surface area contributed by atoms with E-state index in [1.54, 1.807) is 24.3 Å². The highest BCUT2D eigenvalue weighted by Gasteiger charge is 2.28. The molecule has 1 aliphatic carbocycles. The fourth-order valence-electron chi connectivity index (χ4n) is 3.89. The summed E-state index contributed by atoms with van der Waals surface area (Å²) >= 11 is 0. The van der Waals surface area contributed by atoms with Gasteiger partial charge >= 0.3 is 0 Å². The molecule has 1 heterocycles. The molecule has 0 spiro atoms. The Morgan fingerprint density at radius 2 is 1.81 bits per heavy atom. The number of benzene rings is 2. The Morgan fingerprint density at radius 3 is 2.50 bits per heavy atom. The van der Waals surface area contributed by atoms with Gasteiger partial charge in [-0.3, -0.25) is 19.7 Å². The van der Waals surface area contributed by atoms with Gasteiger partial charge < -0.3 is 10.6 Å². The van der Waals surface area contributed by atoms with E-state index in [1.807, 2.05) is 6.07 Å². The molecule has 2 aromatic rings. The van der Waals surface area contributed by atoms with Crippen molar-refractivity contribution in [3.63, 3.8) is 0 Å². The molecule has 9 heteroatoms. The van der Waals surface area contributed by atoms with Crippen molar-refractivity contribution >= 4 is 29.0 Å². The van der Waals surface area contributed by atoms with Crippen LogP contribution in [-0.2, 0) is 4.79 Å². The summed E-state index contributed by atoms with van der Waals surface area (Å²) in [4.78, 5) is 40.3. The molecule has 1 fully saturated rings. The number of amides is 2. The number of non-ortho nitro benzene ring substituents is 1. The van der Waals surface area contributed by atoms with Gasteiger partial charge in [0.2, 0.25) is 0 Å². The van der Waals surface area contributed by atoms with E-state index < -0.39 is 16.7 Å². The predicted molar refractivity (Wildman–Crippen MR) is 116 cm³/mol. The highest BCUT2D eigenvalue weighted by atomic mass is 16.6. The van der Waals surface area contributed by atoms with Crippen LogP contribution in [0, 0.1) is 21.4 Å². The molecule has 1 saturated carbocycles. The Hall–Kier alpha value is -4.32. The third-order valence-electron chi connectivity index (χ3n) is 5.48. The van der Waals surface area contributed by atoms with Gasteiger partial charge in [0.05, 0.1) is 10.6 Å². The number of fused-ring (bicyclic) bond motifs is 1. The minimum Gasteiger partial charge on any atom is -0.349 e. The minimum absolute atomic E-state index is 0.0418. The number of amidine groups is 1. The summed E-state index contributed by atoms with van der Waals surface area (Å²) in [5.41, 5.74) is 1.07. The first-order valence-electron chi connectivity index (χ1n) is 10.2. The number of carbonyl (C=O) groups is 2. The van der Waals surface area contributed by atoms with Crippen LogP contribution in [0.1, 0.15) is 47.2 Å². The van der Waals surface area contributed by atoms with E-state index in [2.05, 4.69) is 15.6 Å². The summed E-state index contributed by atoms with van der Waals surface area (Å²) in [7, 11) is 0. The third kappa shape index (κ3) is 4.11. The van der Waals surface area contributed by atoms with Crippen LogP contribution in [-0.4, -0.2) is 28.6 Å². The molecule has 0 aromatic heterocycles. The SMILES string of the molecule is N#CC(C(=O)NC1CCCC1)=C1N=C(NC(=O)c2cccc([N+](=O)[O-])c2)c2ccccc21. The predicted octanol–water partition coefficient (Wildman–Crippen LogP) is 3.08. The number of rotatable bonds is 4. The van der Waals surface area contributed by atoms with Crippen LogP contribution in [0.5, 0.6) is 0 Å². The number of carbonyl (C=O) groups excluding carboxylic acids is 2. The number of hydrogen-bond donors (Lipinski definition) is 2. The molecule has 160 valence electrons. The molecule has 0 radical (unpaired) electrons. The van der Waals surface area contributed by atoms with Crippen LogP contribution in [0.4, 0.5) is 5.69 Å². The fraction of sp³-hybridized carbons (Fsp3) is 0.217. The Kier molecular flexibility index (Phi) is 5.77. The number of aliphatic imine (C=N–C) groups is 1. The minimum atomic E-state index is -0.586. The van der Waals surface area contributed by atoms with Crippen molar-refractivity contribution in [3.05, 3.63) is 80.9 Å². The van der Waals surface area contributed by atoms with Gasteiger partial charge in [-0.25, -0.2) is 4.99 Å². The second kappa shape index (κ2) is 8.81. The van der Waals surface area contributed by atoms with Crippen molar-refractivity contribution < 1.29 is 14.5 Å². The lowest BCUT2D eigenvalue weighted by molar-refractivity contribution is -0.384. The van der Waals surface area contributed by atoms with E-state index in [9.17, 15) is 25.0 Å². The van der Waals surface area contributed by atoms with Crippen LogP contribution in [0.15, 0.2) is 59.1 Å². The van der Waals surface area contributed by atoms with Gasteiger partial charge in [0, 0.05) is 34.9 Å². The van der Waals surface area contributed by atoms with E-state index in [4.69, 9.17) is 0 Å². The molecule has 2 aliphatic rings. The van der Waals surface area contributed by atoms with Gasteiger partial charge in [-0.1, -0.05) is 43.2 Å². The zero-order valence-corrected chi connectivity index (χ0v) is 17.0. The highest BCUT2D eigenvalue weighted by Crippen LogP contribution is 2.31. The zero-order valence-electron chi connectivity index (χ0n) is 17.0. The van der Waals surface area contributed by atoms with E-state index in [0.29, 0.717) is 11.1 Å². The van der Waals surface area contributed by atoms with E-state index in [1.165, 1.54) is 24.3 Å². The van der Waals surface area contributed by atoms with E-state index in [0.717, 1.165) is 25.7 Å². The number of nitrogens with zero attached hydrogens (tertiary/aromatic N) is 3. The normalized spacial score (nSPS) is 16.5. The number of nitro groups is 1. The molecule has 4 rings (SSSR count). The Labute approximate surface area is 183 Å². The summed E-state index contributed by atoms with van der Waals surface area (Å²) in [5, 5.41) is 26.2. The van der Waals surface area contributed by atoms with Gasteiger partial charge in [0.25, 0.3) is 17.5 Å². The average molecular weight is 429 g/mol. The highest BCUT2D eigenvalue weighted by molar-refractivity contribution is 6.20. The molecular formula is C23H19N5O4. The topological polar surface area (TPSA) is 137 Å². The van der Waals surface area contributed by atoms with Gasteiger partial charge in [-0.2, -0.15) is 5.26 Å². The van der Waals surface area contributed by atoms with Crippen molar-refractivity contribution in [1.82, 2.24) is 10.6 Å². The monoisotopic (exact) mass is 429 g/mol. The van der Waals surface area contributed by atoms with E-state index >= 15 is 0 Å². The summed E-state index contributed by atoms with van der Waals surface area (Å²) in [5.74, 6) is -0.898. The number of nitriles is 1. The van der Waals surface area contributed by atoms with Crippen LogP contribution in [0.3, 0.4) is 0 Å². The van der Waals surface area contributed by atoms with Gasteiger partial charge in [-0.05, 0) is 18.9 Å². The van der Waals surface area contributed by atoms with Crippen molar-refractivity contribution in [2.75, 3.05) is 0 Å². The first-order valence-corrected chi connectivity index (χ1v) is 10.2. The number of nitro benzene ring substituents is 1. The van der Waals surface area contributed by atoms with Crippen molar-refractivity contribution in [1.29, 1.82) is 5.26 Å². The maximum Gasteiger partial charge on any atom is 0.270 e. The lowest BCUT2D eigenvalue weighted by atomic mass is 10.0. The first-order chi connectivity index (χ1) is 15.5. The average Bonchev–Trinajstić information content (AvgIpc) is 3.43. The van der Waals surface area contributed by atoms with Crippen LogP contribution in [0.25, 0.3) is 5.70 Å². The van der Waals surface area contributed by atoms with E-state index in [-0.39, 0.29) is 34.4 Å². The standard InChI is InChI=1S/C23H19N5O4/c24-13-19(23(30)25-15-7-1-2-8-15)20-17-10-3-4-11-18(17)21(26-20)27-22(29)14-6-5-9-16(12-14)28(31)32/h3-6,9-12,15H,1-2,7-8H2,(H,25,30)(H,26,27,29). The van der Waals surface area contributed by atoms with Crippen LogP contribution in [0.2, 0.25) is 0 Å². The van der Waals surface area contributed by atoms with Gasteiger partial charge in [-0.15, -0.1) is 0 Å². The molecule has 2 N–H and O–H groups in total. The molecule has 32 heavy (non-hydrogen) atoms. The summed E-state index contributed by atoms with van der Waals surface area (Å²) in [6, 6.07) is 14.3. The zero-order chi connectivity index (χ0) is 22.7. The van der Waals surface area contributed by atoms with Gasteiger partial charge in [0.15, 0.2) is 0 Å². The summed E-state index contributed by atoms with van der Waals surface area (Å²) in [6.45, 7) is 0. The lowest BCUT2D eigenvalue weighted by Crippen LogP contribution is -2.33. The summed E-state index contributed by atoms with van der Waals surface area (Å²) < 4.78 is 0. The molecule has 0 atom stereocenters. The smallest absolute Gasteiger partial charge is 0.270 e. The molecule has 9 nitrogen and oxygen atoms in total. The molecule has 1 aliphatic heterocycles. The van der Waals surface area contributed by atoms with Crippen molar-refractivity contribution in [3.8, 4) is 6.07 Å². The molecule has 2 amide bonds. The van der Waals surface area contributed by atoms with Crippen LogP contribution < -0.4 is 10.6 Å². The maximum absolute atomic E-state index is 12.8. The number of nitrogens with one attached hydrogen (secondary N) is 2. The molecular weight excluding hydrogens is 410 g/mol. The number of hydrogen-bond acceptors (Lipinski definition) is 6. The molecule has 2 aromatic carbocycles. The Bertz CT molecular complexity index is 1220. The Morgan fingerprint density at radius 1 is 1.09 bits per heavy atom. The largest absolute Gasteiger partial charge is 0.349 e. The molecule has 0 bridgehead atoms. The quantitative estimate of drug-likeness (QED) is 0.333. The first kappa shape index (κ1) is 20.9. The fourth-order valence-corrected chi connectivity index (χ4v) is 3.89. The van der Waals surface area contributed by atoms with Crippen molar-refractivity contribution in [2.24, 2.45) is 4.99 Å². The third-order valence-corrected chi connectivity index (χ3v) is 5.48. The molecule has 0 saturated heterocycles. The Balaban J connectivity index is 1.66. The second-order valence-corrected chi connectivity index (χ2v) is 7.56. The summed E-state index contributed by atoms with van der Waals surface area (Å²) in [6.07, 6.45) is 3.84. The second-order valence-electron chi connectivity index (χ2n) is 7.56. The van der Waals surface area contributed by atoms with Gasteiger partial charge in [0.1, 0.15) is 17.5 Å². The van der Waals surface area contributed by atoms with Crippen LogP contribution >= 0.6 is 0 Å².